The molecule has 0 unspecified atom stereocenters. The van der Waals surface area contributed by atoms with Crippen LogP contribution in [-0.4, -0.2) is 6.88 Å². The third-order valence-corrected chi connectivity index (χ3v) is 42.9. The van der Waals surface area contributed by atoms with Crippen molar-refractivity contribution in [2.45, 2.75) is 112 Å². The van der Waals surface area contributed by atoms with Crippen molar-refractivity contribution in [3.05, 3.63) is 41.0 Å². The average Bonchev–Trinajstić information content (AvgIpc) is 3.25. The standard InChI is InChI=1S/2C7H9.2C6H11.2ClH.H2Si.Zr/c2*1-6-4-3-5-7(6)2;2*1-2-4-6-5-3-1;;;;/h2*4H,5H2,1-2H3;2*1H,2-6H2;2*1H;1H2;. The molecule has 0 aromatic heterocycles. The molecule has 0 saturated heterocycles. The van der Waals surface area contributed by atoms with Crippen LogP contribution in [0.25, 0.3) is 0 Å². The molecule has 0 nitrogen and oxygen atoms in total. The largest absolute Gasteiger partial charge is 0.147 e. The van der Waals surface area contributed by atoms with E-state index in [1.54, 1.807) is 22.3 Å². The van der Waals surface area contributed by atoms with Gasteiger partial charge in [-0.15, -0.1) is 24.8 Å². The smallest absolute Gasteiger partial charge is 0.147 e. The minimum Gasteiger partial charge on any atom is -0.147 e. The van der Waals surface area contributed by atoms with Crippen molar-refractivity contribution in [2.75, 3.05) is 0 Å². The van der Waals surface area contributed by atoms with Crippen molar-refractivity contribution < 1.29 is 17.4 Å². The van der Waals surface area contributed by atoms with Crippen molar-refractivity contribution >= 4 is 31.7 Å². The van der Waals surface area contributed by atoms with E-state index in [-0.39, 0.29) is 24.8 Å². The number of hydrogen-bond acceptors (Lipinski definition) is 0. The number of rotatable bonds is 4. The maximum Gasteiger partial charge on any atom is -0.147 e. The van der Waals surface area contributed by atoms with E-state index >= 15 is 0 Å². The van der Waals surface area contributed by atoms with Gasteiger partial charge < -0.3 is 0 Å². The summed E-state index contributed by atoms with van der Waals surface area (Å²) in [6.45, 7) is 12.3. The Bertz CT molecular complexity index is 776. The molecule has 4 heteroatoms. The summed E-state index contributed by atoms with van der Waals surface area (Å²) in [6, 6.07) is 0. The van der Waals surface area contributed by atoms with Crippen LogP contribution in [0.5, 0.6) is 0 Å². The molecule has 0 bridgehead atoms. The normalized spacial score (nSPS) is 24.4. The Hall–Kier alpha value is 0.640. The fraction of sp³-hybridized carbons (Fsp3) is 0.692. The molecule has 4 aliphatic rings. The molecular formula is C26H44Cl2SiZr. The monoisotopic (exact) mass is 544 g/mol. The Balaban J connectivity index is 0.00000160. The first kappa shape index (κ1) is 26.9. The van der Waals surface area contributed by atoms with E-state index in [9.17, 15) is 0 Å². The van der Waals surface area contributed by atoms with Crippen LogP contribution < -0.4 is 0 Å². The molecule has 0 aromatic rings. The molecule has 0 aromatic carbocycles. The third kappa shape index (κ3) is 4.15. The van der Waals surface area contributed by atoms with E-state index in [1.807, 2.05) is 6.56 Å². The molecule has 2 fully saturated rings. The van der Waals surface area contributed by atoms with Gasteiger partial charge in [-0.3, -0.25) is 0 Å². The second kappa shape index (κ2) is 10.3. The van der Waals surface area contributed by atoms with Crippen molar-refractivity contribution in [1.29, 1.82) is 0 Å². The minimum absolute atomic E-state index is 0. The van der Waals surface area contributed by atoms with Crippen molar-refractivity contribution in [3.63, 3.8) is 0 Å². The minimum atomic E-state index is -3.38. The predicted molar refractivity (Wildman–Crippen MR) is 139 cm³/mol. The summed E-state index contributed by atoms with van der Waals surface area (Å²) in [5.41, 5.74) is 6.56. The summed E-state index contributed by atoms with van der Waals surface area (Å²) in [4.78, 5) is 0. The Morgan fingerprint density at radius 1 is 0.633 bits per heavy atom. The van der Waals surface area contributed by atoms with Gasteiger partial charge in [0.25, 0.3) is 0 Å². The zero-order chi connectivity index (χ0) is 20.0. The summed E-state index contributed by atoms with van der Waals surface area (Å²) < 4.78 is 6.13. The zero-order valence-electron chi connectivity index (χ0n) is 19.8. The van der Waals surface area contributed by atoms with Gasteiger partial charge in [0, 0.05) is 0 Å². The van der Waals surface area contributed by atoms with Gasteiger partial charge in [0.1, 0.15) is 0 Å². The number of allylic oxidation sites excluding steroid dienone is 8. The maximum absolute atomic E-state index is 3.38. The fourth-order valence-corrected chi connectivity index (χ4v) is 37.5. The second-order valence-corrected chi connectivity index (χ2v) is 35.1. The molecule has 0 spiro atoms. The molecule has 170 valence electrons. The molecule has 0 aliphatic heterocycles. The first-order valence-corrected chi connectivity index (χ1v) is 23.4. The van der Waals surface area contributed by atoms with Gasteiger partial charge in [0.15, 0.2) is 0 Å². The second-order valence-electron chi connectivity index (χ2n) is 10.9. The Morgan fingerprint density at radius 3 is 1.23 bits per heavy atom. The maximum atomic E-state index is 2.75. The molecule has 4 rings (SSSR count). The molecule has 2 saturated carbocycles. The van der Waals surface area contributed by atoms with E-state index in [0.29, 0.717) is 0 Å². The first-order chi connectivity index (χ1) is 13.4. The molecule has 4 aliphatic carbocycles. The fourth-order valence-electron chi connectivity index (χ4n) is 7.59. The summed E-state index contributed by atoms with van der Waals surface area (Å²) in [7, 11) is 0. The van der Waals surface area contributed by atoms with Crippen LogP contribution in [0.2, 0.25) is 7.25 Å². The Labute approximate surface area is 200 Å². The molecule has 0 amide bonds. The number of halogens is 2. The van der Waals surface area contributed by atoms with Crippen molar-refractivity contribution in [2.24, 2.45) is 0 Å². The number of hydrogen-bond donors (Lipinski definition) is 0. The first-order valence-electron chi connectivity index (χ1n) is 12.1. The van der Waals surface area contributed by atoms with Crippen LogP contribution in [0, 0.1) is 0 Å². The van der Waals surface area contributed by atoms with E-state index in [4.69, 9.17) is 0 Å². The summed E-state index contributed by atoms with van der Waals surface area (Å²) in [5, 5.41) is 0. The van der Waals surface area contributed by atoms with Crippen LogP contribution >= 0.6 is 24.8 Å². The van der Waals surface area contributed by atoms with Gasteiger partial charge in [0.05, 0.1) is 0 Å². The molecule has 0 heterocycles. The zero-order valence-corrected chi connectivity index (χ0v) is 25.3. The molecule has 0 atom stereocenters. The van der Waals surface area contributed by atoms with Gasteiger partial charge in [-0.25, -0.2) is 0 Å². The van der Waals surface area contributed by atoms with Gasteiger partial charge in [0.2, 0.25) is 0 Å². The summed E-state index contributed by atoms with van der Waals surface area (Å²) >= 11 is -3.38. The van der Waals surface area contributed by atoms with Gasteiger partial charge in [-0.1, -0.05) is 0 Å². The van der Waals surface area contributed by atoms with E-state index in [2.05, 4.69) is 46.7 Å². The molecule has 0 radical (unpaired) electrons. The van der Waals surface area contributed by atoms with Gasteiger partial charge in [-0.2, -0.15) is 0 Å². The molecule has 30 heavy (non-hydrogen) atoms. The van der Waals surface area contributed by atoms with Crippen molar-refractivity contribution in [1.82, 2.24) is 0 Å². The van der Waals surface area contributed by atoms with E-state index in [0.717, 1.165) is 7.25 Å². The van der Waals surface area contributed by atoms with E-state index in [1.165, 1.54) is 77.0 Å². The summed E-state index contributed by atoms with van der Waals surface area (Å²) in [5.74, 6) is 0. The Kier molecular flexibility index (Phi) is 9.21. The Morgan fingerprint density at radius 2 is 0.967 bits per heavy atom. The summed E-state index contributed by atoms with van der Waals surface area (Å²) in [6.07, 6.45) is 23.3. The SMILES string of the molecule is CC1=C(C)C[C]([Zr](=[SiH2])([C]2=CC(C)=C(C)C2)([CH]2CCCCC2)[CH]2CCCCC2)=C1.Cl.Cl. The van der Waals surface area contributed by atoms with Crippen LogP contribution in [0.15, 0.2) is 41.0 Å². The van der Waals surface area contributed by atoms with Crippen LogP contribution in [0.3, 0.4) is 0 Å². The third-order valence-electron chi connectivity index (χ3n) is 9.63. The predicted octanol–water partition coefficient (Wildman–Crippen LogP) is 8.82. The van der Waals surface area contributed by atoms with Crippen LogP contribution in [0.1, 0.15) is 105 Å². The van der Waals surface area contributed by atoms with Gasteiger partial charge >= 0.3 is 177 Å². The molecular weight excluding hydrogens is 503 g/mol. The molecule has 0 N–H and O–H groups in total. The topological polar surface area (TPSA) is 0 Å². The van der Waals surface area contributed by atoms with Crippen molar-refractivity contribution in [3.8, 4) is 0 Å². The van der Waals surface area contributed by atoms with Gasteiger partial charge in [-0.05, 0) is 0 Å². The van der Waals surface area contributed by atoms with E-state index < -0.39 is 17.4 Å². The van der Waals surface area contributed by atoms with Crippen LogP contribution in [0.4, 0.5) is 0 Å². The quantitative estimate of drug-likeness (QED) is 0.309. The van der Waals surface area contributed by atoms with Crippen LogP contribution in [-0.2, 0) is 17.4 Å². The average molecular weight is 547 g/mol.